The fourth-order valence-corrected chi connectivity index (χ4v) is 2.91. The van der Waals surface area contributed by atoms with Gasteiger partial charge in [0.15, 0.2) is 0 Å². The van der Waals surface area contributed by atoms with Gasteiger partial charge < -0.3 is 16.4 Å². The highest BCUT2D eigenvalue weighted by Gasteiger charge is 2.33. The molecule has 1 aliphatic heterocycles. The number of carbonyl (C=O) groups is 2. The molecule has 5 nitrogen and oxygen atoms in total. The van der Waals surface area contributed by atoms with Crippen LogP contribution in [0.1, 0.15) is 16.7 Å². The monoisotopic (exact) mass is 323 g/mol. The van der Waals surface area contributed by atoms with Crippen molar-refractivity contribution < 1.29 is 9.59 Å². The Balaban J connectivity index is 1.66. The molecule has 0 spiro atoms. The number of nitrogen functional groups attached to an aromatic ring is 1. The van der Waals surface area contributed by atoms with Crippen LogP contribution >= 0.6 is 0 Å². The first-order chi connectivity index (χ1) is 11.5. The van der Waals surface area contributed by atoms with Crippen molar-refractivity contribution in [2.75, 3.05) is 5.73 Å². The summed E-state index contributed by atoms with van der Waals surface area (Å²) in [7, 11) is 0. The number of nitrogens with two attached hydrogens (primary N) is 1. The van der Waals surface area contributed by atoms with Crippen molar-refractivity contribution in [2.24, 2.45) is 0 Å². The van der Waals surface area contributed by atoms with Gasteiger partial charge in [0.1, 0.15) is 12.1 Å². The van der Waals surface area contributed by atoms with E-state index < -0.39 is 12.1 Å². The van der Waals surface area contributed by atoms with Gasteiger partial charge in [0, 0.05) is 18.5 Å². The van der Waals surface area contributed by atoms with E-state index in [4.69, 9.17) is 5.73 Å². The number of hydrogen-bond donors (Lipinski definition) is 3. The molecule has 1 aliphatic rings. The molecule has 1 fully saturated rings. The van der Waals surface area contributed by atoms with Crippen LogP contribution in [-0.4, -0.2) is 23.9 Å². The number of carbonyl (C=O) groups excluding carboxylic acids is 2. The van der Waals surface area contributed by atoms with Crippen LogP contribution in [0.3, 0.4) is 0 Å². The first kappa shape index (κ1) is 16.1. The van der Waals surface area contributed by atoms with Gasteiger partial charge in [-0.05, 0) is 29.7 Å². The minimum absolute atomic E-state index is 0.143. The zero-order chi connectivity index (χ0) is 17.1. The van der Waals surface area contributed by atoms with Crippen molar-refractivity contribution >= 4 is 17.5 Å². The molecule has 0 radical (unpaired) electrons. The smallest absolute Gasteiger partial charge is 0.243 e. The zero-order valence-corrected chi connectivity index (χ0v) is 13.6. The molecule has 1 saturated heterocycles. The number of rotatable bonds is 4. The Kier molecular flexibility index (Phi) is 4.51. The summed E-state index contributed by atoms with van der Waals surface area (Å²) in [5.74, 6) is -0.291. The predicted molar refractivity (Wildman–Crippen MR) is 93.3 cm³/mol. The Morgan fingerprint density at radius 3 is 2.04 bits per heavy atom. The van der Waals surface area contributed by atoms with E-state index in [0.717, 1.165) is 22.4 Å². The highest BCUT2D eigenvalue weighted by molar-refractivity contribution is 5.97. The lowest BCUT2D eigenvalue weighted by atomic mass is 9.97. The topological polar surface area (TPSA) is 84.2 Å². The van der Waals surface area contributed by atoms with Gasteiger partial charge in [0.05, 0.1) is 0 Å². The van der Waals surface area contributed by atoms with Crippen molar-refractivity contribution in [1.82, 2.24) is 10.6 Å². The number of aryl methyl sites for hydroxylation is 1. The number of piperazine rings is 1. The normalized spacial score (nSPS) is 20.4. The summed E-state index contributed by atoms with van der Waals surface area (Å²) >= 11 is 0. The lowest BCUT2D eigenvalue weighted by Gasteiger charge is -2.30. The average Bonchev–Trinajstić information content (AvgIpc) is 2.56. The van der Waals surface area contributed by atoms with Crippen LogP contribution in [-0.2, 0) is 22.4 Å². The number of hydrogen-bond acceptors (Lipinski definition) is 3. The molecule has 5 heteroatoms. The Hall–Kier alpha value is -2.82. The van der Waals surface area contributed by atoms with Gasteiger partial charge in [0.25, 0.3) is 0 Å². The van der Waals surface area contributed by atoms with Gasteiger partial charge in [-0.1, -0.05) is 42.5 Å². The van der Waals surface area contributed by atoms with E-state index in [-0.39, 0.29) is 11.8 Å². The Bertz CT molecular complexity index is 758. The second-order valence-corrected chi connectivity index (χ2v) is 6.21. The summed E-state index contributed by atoms with van der Waals surface area (Å²) in [6.07, 6.45) is 0.947. The molecule has 124 valence electrons. The molecule has 1 heterocycles. The molecule has 0 bridgehead atoms. The van der Waals surface area contributed by atoms with Crippen LogP contribution in [0.5, 0.6) is 0 Å². The number of amides is 2. The molecule has 2 amide bonds. The summed E-state index contributed by atoms with van der Waals surface area (Å²) in [6, 6.07) is 14.2. The SMILES string of the molecule is Cc1cc(CC2NC(=O)C(Cc3ccccc3)NC2=O)ccc1N. The maximum Gasteiger partial charge on any atom is 0.243 e. The number of anilines is 1. The van der Waals surface area contributed by atoms with Crippen molar-refractivity contribution in [3.05, 3.63) is 65.2 Å². The molecule has 0 aromatic heterocycles. The van der Waals surface area contributed by atoms with Crippen LogP contribution in [0.4, 0.5) is 5.69 Å². The first-order valence-electron chi connectivity index (χ1n) is 8.02. The highest BCUT2D eigenvalue weighted by atomic mass is 16.2. The Labute approximate surface area is 141 Å². The maximum absolute atomic E-state index is 12.3. The second-order valence-electron chi connectivity index (χ2n) is 6.21. The van der Waals surface area contributed by atoms with Crippen LogP contribution < -0.4 is 16.4 Å². The molecule has 3 rings (SSSR count). The molecule has 2 atom stereocenters. The van der Waals surface area contributed by atoms with Gasteiger partial charge in [-0.2, -0.15) is 0 Å². The van der Waals surface area contributed by atoms with Crippen LogP contribution in [0.25, 0.3) is 0 Å². The largest absolute Gasteiger partial charge is 0.399 e. The van der Waals surface area contributed by atoms with Crippen LogP contribution in [0.2, 0.25) is 0 Å². The first-order valence-corrected chi connectivity index (χ1v) is 8.02. The zero-order valence-electron chi connectivity index (χ0n) is 13.6. The molecule has 2 unspecified atom stereocenters. The van der Waals surface area contributed by atoms with E-state index in [1.807, 2.05) is 55.5 Å². The summed E-state index contributed by atoms with van der Waals surface area (Å²) in [6.45, 7) is 1.92. The van der Waals surface area contributed by atoms with E-state index in [2.05, 4.69) is 10.6 Å². The summed E-state index contributed by atoms with van der Waals surface area (Å²) in [5, 5.41) is 5.67. The lowest BCUT2D eigenvalue weighted by Crippen LogP contribution is -2.62. The number of benzene rings is 2. The van der Waals surface area contributed by atoms with Crippen molar-refractivity contribution in [1.29, 1.82) is 0 Å². The third-order valence-corrected chi connectivity index (χ3v) is 4.32. The molecular formula is C19H21N3O2. The van der Waals surface area contributed by atoms with Gasteiger partial charge in [-0.3, -0.25) is 9.59 Å². The fourth-order valence-electron chi connectivity index (χ4n) is 2.91. The van der Waals surface area contributed by atoms with E-state index in [1.54, 1.807) is 0 Å². The predicted octanol–water partition coefficient (Wildman–Crippen LogP) is 1.35. The molecule has 2 aromatic carbocycles. The summed E-state index contributed by atoms with van der Waals surface area (Å²) in [5.41, 5.74) is 9.50. The third kappa shape index (κ3) is 3.56. The third-order valence-electron chi connectivity index (χ3n) is 4.32. The maximum atomic E-state index is 12.3. The van der Waals surface area contributed by atoms with Gasteiger partial charge in [0.2, 0.25) is 11.8 Å². The van der Waals surface area contributed by atoms with Gasteiger partial charge in [-0.15, -0.1) is 0 Å². The summed E-state index contributed by atoms with van der Waals surface area (Å²) in [4.78, 5) is 24.7. The number of nitrogens with one attached hydrogen (secondary N) is 2. The van der Waals surface area contributed by atoms with Crippen LogP contribution in [0, 0.1) is 6.92 Å². The lowest BCUT2D eigenvalue weighted by molar-refractivity contribution is -0.136. The molecule has 0 saturated carbocycles. The van der Waals surface area contributed by atoms with Gasteiger partial charge >= 0.3 is 0 Å². The van der Waals surface area contributed by atoms with E-state index >= 15 is 0 Å². The van der Waals surface area contributed by atoms with E-state index in [0.29, 0.717) is 12.8 Å². The van der Waals surface area contributed by atoms with Gasteiger partial charge in [-0.25, -0.2) is 0 Å². The minimum atomic E-state index is -0.549. The van der Waals surface area contributed by atoms with E-state index in [1.165, 1.54) is 0 Å². The fraction of sp³-hybridized carbons (Fsp3) is 0.263. The summed E-state index contributed by atoms with van der Waals surface area (Å²) < 4.78 is 0. The van der Waals surface area contributed by atoms with Crippen LogP contribution in [0.15, 0.2) is 48.5 Å². The Morgan fingerprint density at radius 1 is 0.875 bits per heavy atom. The van der Waals surface area contributed by atoms with Crippen molar-refractivity contribution in [2.45, 2.75) is 31.8 Å². The average molecular weight is 323 g/mol. The molecular weight excluding hydrogens is 302 g/mol. The van der Waals surface area contributed by atoms with E-state index in [9.17, 15) is 9.59 Å². The molecule has 2 aromatic rings. The highest BCUT2D eigenvalue weighted by Crippen LogP contribution is 2.15. The minimum Gasteiger partial charge on any atom is -0.399 e. The quantitative estimate of drug-likeness (QED) is 0.743. The second kappa shape index (κ2) is 6.74. The molecule has 0 aliphatic carbocycles. The molecule has 4 N–H and O–H groups in total. The standard InChI is InChI=1S/C19H21N3O2/c1-12-9-14(7-8-15(12)20)11-17-19(24)21-16(18(23)22-17)10-13-5-3-2-4-6-13/h2-9,16-17H,10-11,20H2,1H3,(H,21,24)(H,22,23). The van der Waals surface area contributed by atoms with Crippen molar-refractivity contribution in [3.8, 4) is 0 Å². The Morgan fingerprint density at radius 2 is 1.46 bits per heavy atom. The van der Waals surface area contributed by atoms with Crippen molar-refractivity contribution in [3.63, 3.8) is 0 Å². The molecule has 24 heavy (non-hydrogen) atoms.